The first-order chi connectivity index (χ1) is 7.50. The minimum Gasteiger partial charge on any atom is -0.370 e. The highest BCUT2D eigenvalue weighted by molar-refractivity contribution is 6.30. The topological polar surface area (TPSA) is 86.2 Å². The van der Waals surface area contributed by atoms with Gasteiger partial charge in [0.25, 0.3) is 0 Å². The molecule has 4 nitrogen and oxygen atoms in total. The highest BCUT2D eigenvalue weighted by Crippen LogP contribution is 2.22. The molecule has 0 aliphatic heterocycles. The number of carbonyl (C=O) groups is 2. The lowest BCUT2D eigenvalue weighted by molar-refractivity contribution is -0.120. The van der Waals surface area contributed by atoms with Crippen molar-refractivity contribution in [1.82, 2.24) is 0 Å². The highest BCUT2D eigenvalue weighted by Gasteiger charge is 2.18. The fourth-order valence-corrected chi connectivity index (χ4v) is 1.58. The number of hydrogen-bond acceptors (Lipinski definition) is 2. The van der Waals surface area contributed by atoms with Crippen LogP contribution in [0.15, 0.2) is 24.3 Å². The maximum absolute atomic E-state index is 11.2. The van der Waals surface area contributed by atoms with Crippen molar-refractivity contribution in [3.05, 3.63) is 34.9 Å². The second-order valence-electron chi connectivity index (χ2n) is 3.51. The summed E-state index contributed by atoms with van der Waals surface area (Å²) in [5.41, 5.74) is 11.0. The third-order valence-corrected chi connectivity index (χ3v) is 2.55. The average molecular weight is 241 g/mol. The molecule has 4 N–H and O–H groups in total. The normalized spacial score (nSPS) is 12.1. The van der Waals surface area contributed by atoms with E-state index in [1.54, 1.807) is 24.3 Å². The summed E-state index contributed by atoms with van der Waals surface area (Å²) in [6.07, 6.45) is 0.461. The van der Waals surface area contributed by atoms with Crippen LogP contribution in [0, 0.1) is 0 Å². The lowest BCUT2D eigenvalue weighted by Crippen LogP contribution is -2.23. The van der Waals surface area contributed by atoms with E-state index < -0.39 is 17.7 Å². The SMILES string of the molecule is NC(=O)CC[C@@H](C(N)=O)c1ccc(Cl)cc1. The molecule has 1 rings (SSSR count). The van der Waals surface area contributed by atoms with E-state index in [9.17, 15) is 9.59 Å². The minimum absolute atomic E-state index is 0.135. The molecule has 0 unspecified atom stereocenters. The van der Waals surface area contributed by atoms with Gasteiger partial charge in [-0.3, -0.25) is 9.59 Å². The van der Waals surface area contributed by atoms with Crippen LogP contribution in [0.2, 0.25) is 5.02 Å². The van der Waals surface area contributed by atoms with E-state index in [1.807, 2.05) is 0 Å². The number of primary amides is 2. The maximum atomic E-state index is 11.2. The summed E-state index contributed by atoms with van der Waals surface area (Å²) in [7, 11) is 0. The number of nitrogens with two attached hydrogens (primary N) is 2. The van der Waals surface area contributed by atoms with Crippen molar-refractivity contribution in [2.45, 2.75) is 18.8 Å². The first-order valence-electron chi connectivity index (χ1n) is 4.84. The largest absolute Gasteiger partial charge is 0.370 e. The molecule has 0 spiro atoms. The van der Waals surface area contributed by atoms with E-state index in [1.165, 1.54) is 0 Å². The summed E-state index contributed by atoms with van der Waals surface area (Å²) in [4.78, 5) is 21.9. The van der Waals surface area contributed by atoms with Crippen LogP contribution in [0.25, 0.3) is 0 Å². The van der Waals surface area contributed by atoms with Crippen molar-refractivity contribution in [1.29, 1.82) is 0 Å². The zero-order chi connectivity index (χ0) is 12.1. The Morgan fingerprint density at radius 3 is 2.19 bits per heavy atom. The molecule has 0 aliphatic carbocycles. The summed E-state index contributed by atoms with van der Waals surface area (Å²) in [6, 6.07) is 6.80. The van der Waals surface area contributed by atoms with Crippen molar-refractivity contribution in [3.63, 3.8) is 0 Å². The van der Waals surface area contributed by atoms with E-state index in [0.717, 1.165) is 5.56 Å². The Labute approximate surface area is 98.6 Å². The molecule has 0 fully saturated rings. The maximum Gasteiger partial charge on any atom is 0.224 e. The van der Waals surface area contributed by atoms with Gasteiger partial charge in [-0.15, -0.1) is 0 Å². The highest BCUT2D eigenvalue weighted by atomic mass is 35.5. The van der Waals surface area contributed by atoms with Crippen LogP contribution < -0.4 is 11.5 Å². The molecule has 0 radical (unpaired) electrons. The quantitative estimate of drug-likeness (QED) is 0.810. The molecule has 0 aromatic heterocycles. The minimum atomic E-state index is -0.496. The molecule has 0 heterocycles. The molecule has 1 aromatic carbocycles. The van der Waals surface area contributed by atoms with E-state index in [0.29, 0.717) is 11.4 Å². The lowest BCUT2D eigenvalue weighted by atomic mass is 9.93. The Bertz CT molecular complexity index is 389. The van der Waals surface area contributed by atoms with Gasteiger partial charge in [0.2, 0.25) is 11.8 Å². The van der Waals surface area contributed by atoms with Gasteiger partial charge in [-0.1, -0.05) is 23.7 Å². The van der Waals surface area contributed by atoms with Crippen LogP contribution >= 0.6 is 11.6 Å². The number of rotatable bonds is 5. The molecule has 1 atom stereocenters. The number of hydrogen-bond donors (Lipinski definition) is 2. The average Bonchev–Trinajstić information content (AvgIpc) is 2.20. The Hall–Kier alpha value is -1.55. The molecule has 1 aromatic rings. The number of halogens is 1. The smallest absolute Gasteiger partial charge is 0.224 e. The van der Waals surface area contributed by atoms with Gasteiger partial charge in [0.1, 0.15) is 0 Å². The third-order valence-electron chi connectivity index (χ3n) is 2.30. The summed E-state index contributed by atoms with van der Waals surface area (Å²) >= 11 is 5.73. The molecular weight excluding hydrogens is 228 g/mol. The standard InChI is InChI=1S/C11H13ClN2O2/c12-8-3-1-7(2-4-8)9(11(14)16)5-6-10(13)15/h1-4,9H,5-6H2,(H2,13,15)(H2,14,16)/t9-/m1/s1. The monoisotopic (exact) mass is 240 g/mol. The van der Waals surface area contributed by atoms with Crippen LogP contribution in [0.5, 0.6) is 0 Å². The Morgan fingerprint density at radius 1 is 1.19 bits per heavy atom. The number of carbonyl (C=O) groups excluding carboxylic acids is 2. The Morgan fingerprint density at radius 2 is 1.75 bits per heavy atom. The van der Waals surface area contributed by atoms with E-state index in [-0.39, 0.29) is 6.42 Å². The molecule has 0 saturated carbocycles. The van der Waals surface area contributed by atoms with Crippen LogP contribution in [0.4, 0.5) is 0 Å². The van der Waals surface area contributed by atoms with Crippen molar-refractivity contribution in [2.24, 2.45) is 11.5 Å². The van der Waals surface area contributed by atoms with Crippen LogP contribution in [-0.2, 0) is 9.59 Å². The first kappa shape index (κ1) is 12.5. The van der Waals surface area contributed by atoms with Crippen molar-refractivity contribution >= 4 is 23.4 Å². The lowest BCUT2D eigenvalue weighted by Gasteiger charge is -2.12. The van der Waals surface area contributed by atoms with Crippen molar-refractivity contribution in [2.75, 3.05) is 0 Å². The van der Waals surface area contributed by atoms with E-state index in [2.05, 4.69) is 0 Å². The molecule has 0 saturated heterocycles. The Balaban J connectivity index is 2.81. The molecule has 2 amide bonds. The molecule has 0 bridgehead atoms. The van der Waals surface area contributed by atoms with Gasteiger partial charge in [-0.05, 0) is 24.1 Å². The summed E-state index contributed by atoms with van der Waals surface area (Å²) in [5.74, 6) is -1.41. The molecule has 86 valence electrons. The van der Waals surface area contributed by atoms with E-state index in [4.69, 9.17) is 23.1 Å². The van der Waals surface area contributed by atoms with Gasteiger partial charge in [-0.25, -0.2) is 0 Å². The predicted molar refractivity (Wildman–Crippen MR) is 61.8 cm³/mol. The van der Waals surface area contributed by atoms with Gasteiger partial charge in [0.15, 0.2) is 0 Å². The van der Waals surface area contributed by atoms with Gasteiger partial charge in [0, 0.05) is 11.4 Å². The predicted octanol–water partition coefficient (Wildman–Crippen LogP) is 1.17. The van der Waals surface area contributed by atoms with Crippen molar-refractivity contribution in [3.8, 4) is 0 Å². The van der Waals surface area contributed by atoms with Gasteiger partial charge < -0.3 is 11.5 Å². The van der Waals surface area contributed by atoms with Crippen molar-refractivity contribution < 1.29 is 9.59 Å². The van der Waals surface area contributed by atoms with Gasteiger partial charge in [0.05, 0.1) is 5.92 Å². The molecule has 0 aliphatic rings. The summed E-state index contributed by atoms with van der Waals surface area (Å²) < 4.78 is 0. The second kappa shape index (κ2) is 5.51. The fourth-order valence-electron chi connectivity index (χ4n) is 1.45. The second-order valence-corrected chi connectivity index (χ2v) is 3.95. The molecular formula is C11H13ClN2O2. The zero-order valence-corrected chi connectivity index (χ0v) is 9.41. The van der Waals surface area contributed by atoms with E-state index >= 15 is 0 Å². The van der Waals surface area contributed by atoms with Crippen LogP contribution in [0.1, 0.15) is 24.3 Å². The molecule has 5 heteroatoms. The summed E-state index contributed by atoms with van der Waals surface area (Å²) in [5, 5.41) is 0.585. The number of benzene rings is 1. The molecule has 16 heavy (non-hydrogen) atoms. The van der Waals surface area contributed by atoms with Gasteiger partial charge in [-0.2, -0.15) is 0 Å². The Kier molecular flexibility index (Phi) is 4.31. The fraction of sp³-hybridized carbons (Fsp3) is 0.273. The van der Waals surface area contributed by atoms with Crippen LogP contribution in [-0.4, -0.2) is 11.8 Å². The summed E-state index contributed by atoms with van der Waals surface area (Å²) in [6.45, 7) is 0. The van der Waals surface area contributed by atoms with Crippen LogP contribution in [0.3, 0.4) is 0 Å². The zero-order valence-electron chi connectivity index (χ0n) is 8.65. The van der Waals surface area contributed by atoms with Gasteiger partial charge >= 0.3 is 0 Å². The first-order valence-corrected chi connectivity index (χ1v) is 5.21. The third kappa shape index (κ3) is 3.55. The number of amides is 2.